The first-order chi connectivity index (χ1) is 7.04. The van der Waals surface area contributed by atoms with Gasteiger partial charge in [0.15, 0.2) is 0 Å². The zero-order chi connectivity index (χ0) is 11.7. The molecule has 0 radical (unpaired) electrons. The lowest BCUT2D eigenvalue weighted by Gasteiger charge is -2.19. The minimum absolute atomic E-state index is 0.640. The highest BCUT2D eigenvalue weighted by Gasteiger charge is 2.18. The van der Waals surface area contributed by atoms with Crippen molar-refractivity contribution in [2.75, 3.05) is 24.7 Å². The summed E-state index contributed by atoms with van der Waals surface area (Å²) in [4.78, 5) is 0. The molecular formula is C9H21O2PS3. The van der Waals surface area contributed by atoms with Gasteiger partial charge in [-0.25, -0.2) is 0 Å². The van der Waals surface area contributed by atoms with E-state index in [-0.39, 0.29) is 0 Å². The summed E-state index contributed by atoms with van der Waals surface area (Å²) in [6, 6.07) is 0. The van der Waals surface area contributed by atoms with Crippen LogP contribution in [0.15, 0.2) is 0 Å². The Labute approximate surface area is 107 Å². The van der Waals surface area contributed by atoms with Gasteiger partial charge >= 0.3 is 0 Å². The van der Waals surface area contributed by atoms with Crippen LogP contribution in [-0.4, -0.2) is 30.0 Å². The lowest BCUT2D eigenvalue weighted by molar-refractivity contribution is 0.280. The highest BCUT2D eigenvalue weighted by molar-refractivity contribution is 8.68. The van der Waals surface area contributed by atoms with E-state index in [1.807, 2.05) is 25.6 Å². The highest BCUT2D eigenvalue weighted by Crippen LogP contribution is 2.60. The Kier molecular flexibility index (Phi) is 10.1. The Hall–Kier alpha value is 1.27. The van der Waals surface area contributed by atoms with Crippen LogP contribution < -0.4 is 0 Å². The van der Waals surface area contributed by atoms with Crippen LogP contribution in [0, 0.1) is 0 Å². The van der Waals surface area contributed by atoms with Crippen LogP contribution in [0.25, 0.3) is 0 Å². The normalized spacial score (nSPS) is 12.3. The van der Waals surface area contributed by atoms with Crippen molar-refractivity contribution in [3.63, 3.8) is 0 Å². The Morgan fingerprint density at radius 3 is 2.07 bits per heavy atom. The number of hydrogen-bond acceptors (Lipinski definition) is 5. The second-order valence-corrected chi connectivity index (χ2v) is 11.1. The van der Waals surface area contributed by atoms with Crippen molar-refractivity contribution in [2.45, 2.75) is 32.9 Å². The first-order valence-electron chi connectivity index (χ1n) is 5.19. The standard InChI is InChI=1S/C9H21O2PS3/c1-5-10-12(13,11-6-2)15-8-7-14-9(3)4/h9H,5-8H2,1-4H3. The Balaban J connectivity index is 3.80. The van der Waals surface area contributed by atoms with Gasteiger partial charge in [0.05, 0.1) is 13.2 Å². The molecule has 0 aliphatic heterocycles. The second kappa shape index (κ2) is 9.32. The van der Waals surface area contributed by atoms with Crippen molar-refractivity contribution in [2.24, 2.45) is 0 Å². The lowest BCUT2D eigenvalue weighted by atomic mass is 10.6. The van der Waals surface area contributed by atoms with E-state index in [1.165, 1.54) is 0 Å². The summed E-state index contributed by atoms with van der Waals surface area (Å²) in [5.41, 5.74) is -2.04. The van der Waals surface area contributed by atoms with Gasteiger partial charge in [-0.05, 0) is 30.9 Å². The Bertz CT molecular complexity index is 190. The maximum atomic E-state index is 5.53. The van der Waals surface area contributed by atoms with E-state index in [9.17, 15) is 0 Å². The third-order valence-corrected chi connectivity index (χ3v) is 8.29. The molecule has 0 heterocycles. The zero-order valence-corrected chi connectivity index (χ0v) is 13.2. The summed E-state index contributed by atoms with van der Waals surface area (Å²) in [5.74, 6) is 2.13. The van der Waals surface area contributed by atoms with Crippen molar-refractivity contribution in [1.82, 2.24) is 0 Å². The molecule has 2 nitrogen and oxygen atoms in total. The molecule has 0 bridgehead atoms. The summed E-state index contributed by atoms with van der Waals surface area (Å²) < 4.78 is 11.1. The first kappa shape index (κ1) is 16.3. The van der Waals surface area contributed by atoms with Crippen molar-refractivity contribution < 1.29 is 9.05 Å². The van der Waals surface area contributed by atoms with Gasteiger partial charge in [-0.15, -0.1) is 0 Å². The molecule has 0 rings (SSSR count). The molecule has 0 N–H and O–H groups in total. The zero-order valence-electron chi connectivity index (χ0n) is 9.89. The van der Waals surface area contributed by atoms with Crippen LogP contribution in [0.2, 0.25) is 0 Å². The number of thioether (sulfide) groups is 1. The highest BCUT2D eigenvalue weighted by atomic mass is 32.9. The average molecular weight is 288 g/mol. The molecular weight excluding hydrogens is 267 g/mol. The summed E-state index contributed by atoms with van der Waals surface area (Å²) in [5, 5.41) is 0.683. The molecule has 0 aliphatic rings. The monoisotopic (exact) mass is 288 g/mol. The molecule has 0 spiro atoms. The molecule has 0 unspecified atom stereocenters. The largest absolute Gasteiger partial charge is 0.322 e. The van der Waals surface area contributed by atoms with E-state index < -0.39 is 5.69 Å². The van der Waals surface area contributed by atoms with Gasteiger partial charge < -0.3 is 9.05 Å². The molecule has 0 aromatic rings. The molecule has 0 fully saturated rings. The smallest absolute Gasteiger partial charge is 0.247 e. The van der Waals surface area contributed by atoms with Crippen LogP contribution in [0.3, 0.4) is 0 Å². The van der Waals surface area contributed by atoms with Crippen LogP contribution in [0.1, 0.15) is 27.7 Å². The summed E-state index contributed by atoms with van der Waals surface area (Å²) in [7, 11) is 0. The minimum Gasteiger partial charge on any atom is -0.322 e. The van der Waals surface area contributed by atoms with Gasteiger partial charge in [0.25, 0.3) is 0 Å². The fraction of sp³-hybridized carbons (Fsp3) is 1.00. The van der Waals surface area contributed by atoms with E-state index in [4.69, 9.17) is 20.9 Å². The molecule has 0 aromatic carbocycles. The van der Waals surface area contributed by atoms with Crippen molar-refractivity contribution in [3.05, 3.63) is 0 Å². The quantitative estimate of drug-likeness (QED) is 0.467. The second-order valence-electron chi connectivity index (χ2n) is 3.04. The number of hydrogen-bond donors (Lipinski definition) is 0. The van der Waals surface area contributed by atoms with E-state index in [0.29, 0.717) is 18.5 Å². The SMILES string of the molecule is CCOP(=S)(OCC)SCCSC(C)C. The van der Waals surface area contributed by atoms with Crippen LogP contribution in [0.4, 0.5) is 0 Å². The fourth-order valence-corrected chi connectivity index (χ4v) is 6.82. The van der Waals surface area contributed by atoms with Gasteiger partial charge in [-0.1, -0.05) is 25.2 Å². The minimum atomic E-state index is -2.04. The van der Waals surface area contributed by atoms with Crippen LogP contribution in [0.5, 0.6) is 0 Å². The van der Waals surface area contributed by atoms with Gasteiger partial charge in [-0.2, -0.15) is 11.8 Å². The third-order valence-electron chi connectivity index (χ3n) is 1.36. The molecule has 0 aliphatic carbocycles. The molecule has 0 aromatic heterocycles. The van der Waals surface area contributed by atoms with Crippen molar-refractivity contribution in [3.8, 4) is 0 Å². The summed E-state index contributed by atoms with van der Waals surface area (Å²) in [6.45, 7) is 9.61. The molecule has 0 atom stereocenters. The van der Waals surface area contributed by atoms with Crippen LogP contribution >= 0.6 is 28.8 Å². The van der Waals surface area contributed by atoms with E-state index in [1.54, 1.807) is 11.4 Å². The molecule has 0 amide bonds. The van der Waals surface area contributed by atoms with Gasteiger partial charge in [0, 0.05) is 11.5 Å². The van der Waals surface area contributed by atoms with Crippen LogP contribution in [-0.2, 0) is 20.9 Å². The Morgan fingerprint density at radius 1 is 1.13 bits per heavy atom. The number of rotatable bonds is 9. The summed E-state index contributed by atoms with van der Waals surface area (Å²) >= 11 is 9.02. The topological polar surface area (TPSA) is 18.5 Å². The summed E-state index contributed by atoms with van der Waals surface area (Å²) in [6.07, 6.45) is 0. The molecule has 15 heavy (non-hydrogen) atoms. The van der Waals surface area contributed by atoms with Gasteiger partial charge in [0.1, 0.15) is 0 Å². The predicted octanol–water partition coefficient (Wildman–Crippen LogP) is 4.16. The van der Waals surface area contributed by atoms with Crippen molar-refractivity contribution >= 4 is 40.6 Å². The van der Waals surface area contributed by atoms with E-state index in [0.717, 1.165) is 11.5 Å². The van der Waals surface area contributed by atoms with E-state index >= 15 is 0 Å². The Morgan fingerprint density at radius 2 is 1.67 bits per heavy atom. The predicted molar refractivity (Wildman–Crippen MR) is 77.6 cm³/mol. The van der Waals surface area contributed by atoms with Gasteiger partial charge in [0.2, 0.25) is 5.69 Å². The van der Waals surface area contributed by atoms with Gasteiger partial charge in [-0.3, -0.25) is 0 Å². The maximum Gasteiger partial charge on any atom is 0.247 e. The average Bonchev–Trinajstić information content (AvgIpc) is 2.13. The lowest BCUT2D eigenvalue weighted by Crippen LogP contribution is -1.96. The fourth-order valence-electron chi connectivity index (χ4n) is 0.861. The van der Waals surface area contributed by atoms with Crippen molar-refractivity contribution in [1.29, 1.82) is 0 Å². The first-order valence-corrected chi connectivity index (χ1v) is 10.5. The maximum absolute atomic E-state index is 5.53. The molecule has 6 heteroatoms. The molecule has 92 valence electrons. The molecule has 0 saturated carbocycles. The third kappa shape index (κ3) is 9.02. The molecule has 0 saturated heterocycles. The van der Waals surface area contributed by atoms with E-state index in [2.05, 4.69) is 13.8 Å².